The Bertz CT molecular complexity index is 691. The molecule has 0 radical (unpaired) electrons. The number of hydrogen-bond acceptors (Lipinski definition) is 3. The molecule has 1 amide bonds. The first-order chi connectivity index (χ1) is 11.1. The molecule has 0 unspecified atom stereocenters. The van der Waals surface area contributed by atoms with Crippen LogP contribution in [0.1, 0.15) is 35.2 Å². The molecule has 0 aliphatic carbocycles. The molecule has 3 rings (SSSR count). The van der Waals surface area contributed by atoms with Crippen LogP contribution in [0.3, 0.4) is 0 Å². The van der Waals surface area contributed by atoms with E-state index in [1.54, 1.807) is 12.1 Å². The molecular formula is C19H23N3O. The van der Waals surface area contributed by atoms with E-state index >= 15 is 0 Å². The minimum atomic E-state index is -0.134. The number of anilines is 3. The molecule has 2 aromatic carbocycles. The van der Waals surface area contributed by atoms with Gasteiger partial charge >= 0.3 is 0 Å². The summed E-state index contributed by atoms with van der Waals surface area (Å²) in [6.45, 7) is 4.21. The first-order valence-electron chi connectivity index (χ1n) is 8.16. The van der Waals surface area contributed by atoms with Crippen LogP contribution in [0.2, 0.25) is 0 Å². The Balaban J connectivity index is 1.85. The second kappa shape index (κ2) is 6.73. The zero-order valence-corrected chi connectivity index (χ0v) is 13.5. The Morgan fingerprint density at radius 2 is 1.78 bits per heavy atom. The van der Waals surface area contributed by atoms with Crippen LogP contribution in [-0.4, -0.2) is 19.0 Å². The number of aryl methyl sites for hydroxylation is 1. The lowest BCUT2D eigenvalue weighted by Crippen LogP contribution is -2.30. The molecule has 4 heteroatoms. The van der Waals surface area contributed by atoms with Crippen molar-refractivity contribution < 1.29 is 4.79 Å². The molecule has 0 atom stereocenters. The quantitative estimate of drug-likeness (QED) is 0.847. The number of piperidine rings is 1. The van der Waals surface area contributed by atoms with Crippen LogP contribution in [0.5, 0.6) is 0 Å². The van der Waals surface area contributed by atoms with Crippen LogP contribution >= 0.6 is 0 Å². The Morgan fingerprint density at radius 3 is 2.48 bits per heavy atom. The third-order valence-corrected chi connectivity index (χ3v) is 4.35. The largest absolute Gasteiger partial charge is 0.397 e. The lowest BCUT2D eigenvalue weighted by atomic mass is 10.1. The second-order valence-electron chi connectivity index (χ2n) is 6.09. The summed E-state index contributed by atoms with van der Waals surface area (Å²) in [6.07, 6.45) is 3.73. The Morgan fingerprint density at radius 1 is 1.09 bits per heavy atom. The normalized spacial score (nSPS) is 14.6. The van der Waals surface area contributed by atoms with Crippen molar-refractivity contribution in [2.45, 2.75) is 26.2 Å². The van der Waals surface area contributed by atoms with Gasteiger partial charge in [0.1, 0.15) is 0 Å². The first-order valence-corrected chi connectivity index (χ1v) is 8.16. The van der Waals surface area contributed by atoms with Crippen molar-refractivity contribution in [2.24, 2.45) is 0 Å². The van der Waals surface area contributed by atoms with Gasteiger partial charge in [0.25, 0.3) is 5.91 Å². The van der Waals surface area contributed by atoms with E-state index in [1.165, 1.54) is 24.9 Å². The number of carbonyl (C=O) groups is 1. The number of benzene rings is 2. The average molecular weight is 309 g/mol. The standard InChI is InChI=1S/C19H23N3O/c1-14-12-16(20)17(13-18(14)22-10-6-3-7-11-22)21-19(23)15-8-4-2-5-9-15/h2,4-5,8-9,12-13H,3,6-7,10-11,20H2,1H3,(H,21,23). The van der Waals surface area contributed by atoms with Crippen LogP contribution in [-0.2, 0) is 0 Å². The van der Waals surface area contributed by atoms with Gasteiger partial charge in [0.05, 0.1) is 11.4 Å². The summed E-state index contributed by atoms with van der Waals surface area (Å²) in [6, 6.07) is 13.2. The summed E-state index contributed by atoms with van der Waals surface area (Å²) in [5.41, 5.74) is 10.4. The van der Waals surface area contributed by atoms with E-state index in [2.05, 4.69) is 17.1 Å². The van der Waals surface area contributed by atoms with E-state index in [1.807, 2.05) is 30.3 Å². The number of carbonyl (C=O) groups excluding carboxylic acids is 1. The van der Waals surface area contributed by atoms with Gasteiger partial charge in [-0.2, -0.15) is 0 Å². The van der Waals surface area contributed by atoms with Crippen molar-refractivity contribution in [3.05, 3.63) is 53.6 Å². The van der Waals surface area contributed by atoms with Gasteiger partial charge in [-0.15, -0.1) is 0 Å². The molecular weight excluding hydrogens is 286 g/mol. The topological polar surface area (TPSA) is 58.4 Å². The smallest absolute Gasteiger partial charge is 0.255 e. The zero-order valence-electron chi connectivity index (χ0n) is 13.5. The van der Waals surface area contributed by atoms with Gasteiger partial charge in [0.2, 0.25) is 0 Å². The van der Waals surface area contributed by atoms with Crippen LogP contribution in [0.15, 0.2) is 42.5 Å². The summed E-state index contributed by atoms with van der Waals surface area (Å²) in [5.74, 6) is -0.134. The van der Waals surface area contributed by atoms with E-state index in [0.717, 1.165) is 18.7 Å². The molecule has 0 bridgehead atoms. The van der Waals surface area contributed by atoms with Crippen LogP contribution in [0.4, 0.5) is 17.1 Å². The van der Waals surface area contributed by atoms with Gasteiger partial charge in [-0.25, -0.2) is 0 Å². The molecule has 0 aromatic heterocycles. The van der Waals surface area contributed by atoms with Gasteiger partial charge in [0, 0.05) is 24.3 Å². The molecule has 4 nitrogen and oxygen atoms in total. The Hall–Kier alpha value is -2.49. The van der Waals surface area contributed by atoms with Gasteiger partial charge < -0.3 is 16.0 Å². The monoisotopic (exact) mass is 309 g/mol. The second-order valence-corrected chi connectivity index (χ2v) is 6.09. The summed E-state index contributed by atoms with van der Waals surface area (Å²) in [5, 5.41) is 2.94. The summed E-state index contributed by atoms with van der Waals surface area (Å²) in [7, 11) is 0. The molecule has 23 heavy (non-hydrogen) atoms. The fourth-order valence-corrected chi connectivity index (χ4v) is 3.09. The van der Waals surface area contributed by atoms with E-state index < -0.39 is 0 Å². The first kappa shape index (κ1) is 15.4. The van der Waals surface area contributed by atoms with E-state index in [0.29, 0.717) is 16.9 Å². The molecule has 1 saturated heterocycles. The minimum absolute atomic E-state index is 0.134. The Labute approximate surface area is 137 Å². The van der Waals surface area contributed by atoms with Gasteiger partial charge in [-0.3, -0.25) is 4.79 Å². The minimum Gasteiger partial charge on any atom is -0.397 e. The highest BCUT2D eigenvalue weighted by Crippen LogP contribution is 2.31. The maximum atomic E-state index is 12.4. The molecule has 0 saturated carbocycles. The van der Waals surface area contributed by atoms with Gasteiger partial charge in [-0.1, -0.05) is 18.2 Å². The highest BCUT2D eigenvalue weighted by atomic mass is 16.1. The maximum Gasteiger partial charge on any atom is 0.255 e. The lowest BCUT2D eigenvalue weighted by molar-refractivity contribution is 0.102. The number of hydrogen-bond donors (Lipinski definition) is 2. The fraction of sp³-hybridized carbons (Fsp3) is 0.316. The summed E-state index contributed by atoms with van der Waals surface area (Å²) >= 11 is 0. The van der Waals surface area contributed by atoms with Crippen molar-refractivity contribution in [2.75, 3.05) is 29.0 Å². The number of nitrogens with zero attached hydrogens (tertiary/aromatic N) is 1. The predicted molar refractivity (Wildman–Crippen MR) is 96.1 cm³/mol. The molecule has 1 heterocycles. The van der Waals surface area contributed by atoms with Crippen LogP contribution < -0.4 is 16.0 Å². The number of amides is 1. The van der Waals surface area contributed by atoms with Gasteiger partial charge in [-0.05, 0) is 56.0 Å². The van der Waals surface area contributed by atoms with Crippen molar-refractivity contribution in [3.63, 3.8) is 0 Å². The van der Waals surface area contributed by atoms with E-state index in [-0.39, 0.29) is 5.91 Å². The molecule has 3 N–H and O–H groups in total. The van der Waals surface area contributed by atoms with Crippen molar-refractivity contribution in [1.82, 2.24) is 0 Å². The van der Waals surface area contributed by atoms with Crippen molar-refractivity contribution >= 4 is 23.0 Å². The molecule has 1 aliphatic heterocycles. The summed E-state index contributed by atoms with van der Waals surface area (Å²) < 4.78 is 0. The highest BCUT2D eigenvalue weighted by molar-refractivity contribution is 6.06. The van der Waals surface area contributed by atoms with Crippen LogP contribution in [0, 0.1) is 6.92 Å². The molecule has 120 valence electrons. The lowest BCUT2D eigenvalue weighted by Gasteiger charge is -2.30. The number of nitrogen functional groups attached to an aromatic ring is 1. The average Bonchev–Trinajstić information content (AvgIpc) is 2.59. The highest BCUT2D eigenvalue weighted by Gasteiger charge is 2.16. The predicted octanol–water partition coefficient (Wildman–Crippen LogP) is 3.82. The SMILES string of the molecule is Cc1cc(N)c(NC(=O)c2ccccc2)cc1N1CCCCC1. The van der Waals surface area contributed by atoms with Gasteiger partial charge in [0.15, 0.2) is 0 Å². The summed E-state index contributed by atoms with van der Waals surface area (Å²) in [4.78, 5) is 14.7. The van der Waals surface area contributed by atoms with Crippen molar-refractivity contribution in [3.8, 4) is 0 Å². The van der Waals surface area contributed by atoms with E-state index in [4.69, 9.17) is 5.73 Å². The fourth-order valence-electron chi connectivity index (χ4n) is 3.09. The molecule has 2 aromatic rings. The number of nitrogens with two attached hydrogens (primary N) is 1. The number of rotatable bonds is 3. The zero-order chi connectivity index (χ0) is 16.2. The van der Waals surface area contributed by atoms with E-state index in [9.17, 15) is 4.79 Å². The molecule has 0 spiro atoms. The van der Waals surface area contributed by atoms with Crippen LogP contribution in [0.25, 0.3) is 0 Å². The molecule has 1 aliphatic rings. The Kier molecular flexibility index (Phi) is 4.51. The third kappa shape index (κ3) is 3.47. The molecule has 1 fully saturated rings. The third-order valence-electron chi connectivity index (χ3n) is 4.35. The number of nitrogens with one attached hydrogen (secondary N) is 1. The maximum absolute atomic E-state index is 12.4. The van der Waals surface area contributed by atoms with Crippen molar-refractivity contribution in [1.29, 1.82) is 0 Å².